The fraction of sp³-hybridized carbons (Fsp3) is 0.222. The van der Waals surface area contributed by atoms with Gasteiger partial charge in [0.05, 0.1) is 28.6 Å². The number of benzene rings is 2. The lowest BCUT2D eigenvalue weighted by atomic mass is 10.0. The lowest BCUT2D eigenvalue weighted by Crippen LogP contribution is -1.98. The Morgan fingerprint density at radius 2 is 1.83 bits per heavy atom. The molecule has 1 aliphatic carbocycles. The molecule has 1 aromatic heterocycles. The molecule has 1 fully saturated rings. The number of fused-ring (bicyclic) bond motifs is 1. The van der Waals surface area contributed by atoms with Crippen molar-refractivity contribution in [1.29, 1.82) is 0 Å². The number of halogens is 1. The van der Waals surface area contributed by atoms with Crippen LogP contribution in [0.2, 0.25) is 5.02 Å². The first-order chi connectivity index (χ1) is 11.8. The maximum Gasteiger partial charge on any atom is 0.249 e. The zero-order valence-corrected chi connectivity index (χ0v) is 13.6. The van der Waals surface area contributed by atoms with Crippen LogP contribution < -0.4 is 10.6 Å². The van der Waals surface area contributed by atoms with E-state index in [1.165, 1.54) is 0 Å². The Morgan fingerprint density at radius 1 is 1.00 bits per heavy atom. The molecule has 0 amide bonds. The fourth-order valence-electron chi connectivity index (χ4n) is 3.01. The standard InChI is InChI=1S/C18H15ClN4O/c19-16-12(11-6-7-14-15(8-11)21-9-20-14)2-1-3-13(16)18-23-22-17(24-18)10-4-5-10/h1-3,6-8,10,20-21H,4-5,9H2. The number of hydrogen-bond donors (Lipinski definition) is 2. The maximum atomic E-state index is 6.67. The van der Waals surface area contributed by atoms with Crippen molar-refractivity contribution >= 4 is 23.0 Å². The number of rotatable bonds is 3. The van der Waals surface area contributed by atoms with E-state index >= 15 is 0 Å². The highest BCUT2D eigenvalue weighted by Crippen LogP contribution is 2.42. The molecule has 1 aliphatic heterocycles. The van der Waals surface area contributed by atoms with Gasteiger partial charge in [-0.2, -0.15) is 0 Å². The molecule has 0 unspecified atom stereocenters. The Balaban J connectivity index is 1.57. The molecule has 0 radical (unpaired) electrons. The molecular weight excluding hydrogens is 324 g/mol. The first kappa shape index (κ1) is 13.9. The Kier molecular flexibility index (Phi) is 3.03. The maximum absolute atomic E-state index is 6.67. The molecular formula is C18H15ClN4O. The largest absolute Gasteiger partial charge is 0.420 e. The summed E-state index contributed by atoms with van der Waals surface area (Å²) in [5, 5.41) is 15.5. The van der Waals surface area contributed by atoms with Gasteiger partial charge in [0, 0.05) is 11.5 Å². The summed E-state index contributed by atoms with van der Waals surface area (Å²) in [5.74, 6) is 1.65. The lowest BCUT2D eigenvalue weighted by Gasteiger charge is -2.09. The predicted molar refractivity (Wildman–Crippen MR) is 94.3 cm³/mol. The normalized spacial score (nSPS) is 15.7. The van der Waals surface area contributed by atoms with Gasteiger partial charge in [0.25, 0.3) is 0 Å². The van der Waals surface area contributed by atoms with Crippen molar-refractivity contribution in [2.45, 2.75) is 18.8 Å². The number of aromatic nitrogens is 2. The van der Waals surface area contributed by atoms with Crippen molar-refractivity contribution in [3.8, 4) is 22.6 Å². The molecule has 120 valence electrons. The van der Waals surface area contributed by atoms with Gasteiger partial charge in [0.1, 0.15) is 0 Å². The average molecular weight is 339 g/mol. The summed E-state index contributed by atoms with van der Waals surface area (Å²) in [4.78, 5) is 0. The van der Waals surface area contributed by atoms with Gasteiger partial charge in [-0.1, -0.05) is 29.8 Å². The summed E-state index contributed by atoms with van der Waals surface area (Å²) in [6.07, 6.45) is 2.26. The molecule has 0 bridgehead atoms. The summed E-state index contributed by atoms with van der Waals surface area (Å²) in [5.41, 5.74) is 4.98. The van der Waals surface area contributed by atoms with Crippen molar-refractivity contribution in [2.75, 3.05) is 17.3 Å². The van der Waals surface area contributed by atoms with E-state index in [4.69, 9.17) is 16.0 Å². The second kappa shape index (κ2) is 5.24. The highest BCUT2D eigenvalue weighted by molar-refractivity contribution is 6.36. The fourth-order valence-corrected chi connectivity index (χ4v) is 3.32. The van der Waals surface area contributed by atoms with Crippen LogP contribution in [0.25, 0.3) is 22.6 Å². The van der Waals surface area contributed by atoms with Crippen LogP contribution in [0.4, 0.5) is 11.4 Å². The van der Waals surface area contributed by atoms with E-state index in [1.807, 2.05) is 18.2 Å². The molecule has 2 N–H and O–H groups in total. The smallest absolute Gasteiger partial charge is 0.249 e. The SMILES string of the molecule is Clc1c(-c2ccc3c(c2)NCN3)cccc1-c1nnc(C2CC2)o1. The number of hydrogen-bond acceptors (Lipinski definition) is 5. The molecule has 3 aromatic rings. The predicted octanol–water partition coefficient (Wildman–Crippen LogP) is 4.73. The summed E-state index contributed by atoms with van der Waals surface area (Å²) in [6.45, 7) is 0.748. The summed E-state index contributed by atoms with van der Waals surface area (Å²) >= 11 is 6.67. The van der Waals surface area contributed by atoms with E-state index in [0.717, 1.165) is 53.5 Å². The molecule has 0 spiro atoms. The van der Waals surface area contributed by atoms with Gasteiger partial charge in [-0.25, -0.2) is 0 Å². The van der Waals surface area contributed by atoms with Crippen molar-refractivity contribution in [3.63, 3.8) is 0 Å². The summed E-state index contributed by atoms with van der Waals surface area (Å²) < 4.78 is 5.81. The van der Waals surface area contributed by atoms with Crippen LogP contribution in [0.5, 0.6) is 0 Å². The molecule has 6 heteroatoms. The molecule has 2 aromatic carbocycles. The molecule has 5 rings (SSSR count). The molecule has 2 aliphatic rings. The molecule has 0 atom stereocenters. The third-order valence-corrected chi connectivity index (χ3v) is 4.89. The number of nitrogens with one attached hydrogen (secondary N) is 2. The quantitative estimate of drug-likeness (QED) is 0.723. The van der Waals surface area contributed by atoms with Crippen molar-refractivity contribution in [2.24, 2.45) is 0 Å². The highest BCUT2D eigenvalue weighted by Gasteiger charge is 2.30. The monoisotopic (exact) mass is 338 g/mol. The molecule has 1 saturated carbocycles. The molecule has 24 heavy (non-hydrogen) atoms. The topological polar surface area (TPSA) is 63.0 Å². The third kappa shape index (κ3) is 2.24. The van der Waals surface area contributed by atoms with Gasteiger partial charge < -0.3 is 15.1 Å². The van der Waals surface area contributed by atoms with Gasteiger partial charge in [-0.3, -0.25) is 0 Å². The van der Waals surface area contributed by atoms with E-state index in [2.05, 4.69) is 39.0 Å². The van der Waals surface area contributed by atoms with Crippen molar-refractivity contribution in [3.05, 3.63) is 47.3 Å². The van der Waals surface area contributed by atoms with Crippen molar-refractivity contribution < 1.29 is 4.42 Å². The molecule has 5 nitrogen and oxygen atoms in total. The molecule has 2 heterocycles. The van der Waals surface area contributed by atoms with Crippen LogP contribution >= 0.6 is 11.6 Å². The minimum Gasteiger partial charge on any atom is -0.420 e. The van der Waals surface area contributed by atoms with Crippen LogP contribution in [0.15, 0.2) is 40.8 Å². The Morgan fingerprint density at radius 3 is 2.71 bits per heavy atom. The Bertz CT molecular complexity index is 933. The second-order valence-electron chi connectivity index (χ2n) is 6.18. The van der Waals surface area contributed by atoms with E-state index in [9.17, 15) is 0 Å². The van der Waals surface area contributed by atoms with Crippen LogP contribution in [0, 0.1) is 0 Å². The van der Waals surface area contributed by atoms with Gasteiger partial charge in [0.2, 0.25) is 11.8 Å². The third-order valence-electron chi connectivity index (χ3n) is 4.48. The van der Waals surface area contributed by atoms with Gasteiger partial charge in [0.15, 0.2) is 0 Å². The summed E-state index contributed by atoms with van der Waals surface area (Å²) in [6, 6.07) is 12.1. The van der Waals surface area contributed by atoms with Gasteiger partial charge >= 0.3 is 0 Å². The van der Waals surface area contributed by atoms with Gasteiger partial charge in [-0.15, -0.1) is 10.2 Å². The van der Waals surface area contributed by atoms with Crippen molar-refractivity contribution in [1.82, 2.24) is 10.2 Å². The van der Waals surface area contributed by atoms with Gasteiger partial charge in [-0.05, 0) is 36.6 Å². The van der Waals surface area contributed by atoms with E-state index in [0.29, 0.717) is 16.8 Å². The highest BCUT2D eigenvalue weighted by atomic mass is 35.5. The Hall–Kier alpha value is -2.53. The number of anilines is 2. The van der Waals surface area contributed by atoms with Crippen LogP contribution in [0.1, 0.15) is 24.7 Å². The lowest BCUT2D eigenvalue weighted by molar-refractivity contribution is 0.508. The average Bonchev–Trinajstić information content (AvgIpc) is 3.15. The first-order valence-corrected chi connectivity index (χ1v) is 8.42. The van der Waals surface area contributed by atoms with E-state index in [1.54, 1.807) is 0 Å². The first-order valence-electron chi connectivity index (χ1n) is 8.04. The van der Waals surface area contributed by atoms with Crippen LogP contribution in [-0.4, -0.2) is 16.9 Å². The van der Waals surface area contributed by atoms with Crippen LogP contribution in [0.3, 0.4) is 0 Å². The summed E-state index contributed by atoms with van der Waals surface area (Å²) in [7, 11) is 0. The zero-order valence-electron chi connectivity index (χ0n) is 12.8. The van der Waals surface area contributed by atoms with Crippen LogP contribution in [-0.2, 0) is 0 Å². The van der Waals surface area contributed by atoms with E-state index in [-0.39, 0.29) is 0 Å². The zero-order chi connectivity index (χ0) is 16.1. The minimum atomic E-state index is 0.434. The Labute approximate surface area is 144 Å². The minimum absolute atomic E-state index is 0.434. The van der Waals surface area contributed by atoms with E-state index < -0.39 is 0 Å². The molecule has 0 saturated heterocycles. The second-order valence-corrected chi connectivity index (χ2v) is 6.56. The number of nitrogens with zero attached hydrogens (tertiary/aromatic N) is 2.